The lowest BCUT2D eigenvalue weighted by Crippen LogP contribution is -2.51. The average Bonchev–Trinajstić information content (AvgIpc) is 3.65. The Kier molecular flexibility index (Phi) is 26.2. The number of hydrogen-bond acceptors (Lipinski definition) is 5. The molecule has 0 N–H and O–H groups in total. The highest BCUT2D eigenvalue weighted by Crippen LogP contribution is 2.67. The van der Waals surface area contributed by atoms with E-state index in [0.717, 1.165) is 100 Å². The summed E-state index contributed by atoms with van der Waals surface area (Å²) in [7, 11) is 0. The van der Waals surface area contributed by atoms with Crippen LogP contribution < -0.4 is 0 Å². The van der Waals surface area contributed by atoms with Crippen LogP contribution in [-0.4, -0.2) is 76.4 Å². The predicted molar refractivity (Wildman–Crippen MR) is 278 cm³/mol. The number of hydrogen-bond donors (Lipinski definition) is 0. The molecule has 3 saturated carbocycles. The number of rotatable bonds is 35. The maximum atomic E-state index is 6.57. The monoisotopic (exact) mass is 908 g/mol. The number of ether oxygens (including phenoxy) is 4. The normalized spacial score (nSPS) is 30.4. The fraction of sp³-hybridized carbons (Fsp3) is 0.933. The van der Waals surface area contributed by atoms with Gasteiger partial charge in [0.25, 0.3) is 0 Å². The minimum atomic E-state index is 0.150. The van der Waals surface area contributed by atoms with Crippen LogP contribution in [0.1, 0.15) is 235 Å². The number of fused-ring (bicyclic) bond motifs is 5. The average molecular weight is 909 g/mol. The Morgan fingerprint density at radius 2 is 1.42 bits per heavy atom. The standard InChI is InChI=1S/C60H109NO4/c1-8-9-10-11-12-13-14-15-16-17-18-19-20-21-22-23-40-63-48-54(47-61-39-25-29-50(4)46-61)65-44-27-42-62-41-26-43-64-53-35-37-59(6)52(45-53)31-32-55-57-34-33-56(51(5)30-24-28-49(2)3)60(57,7)38-36-58(55)59/h15-16,31,49-51,53-58H,8-14,17-30,32-48H2,1-7H3/t50?,51-,53-,54?,55-,56-,57+,58+,59-,60+/m0/s1. The molecule has 1 aliphatic heterocycles. The molecule has 5 aliphatic rings. The van der Waals surface area contributed by atoms with Crippen LogP contribution in [0.4, 0.5) is 0 Å². The molecular formula is C60H109NO4. The lowest BCUT2D eigenvalue weighted by atomic mass is 9.47. The molecule has 1 heterocycles. The molecule has 0 aromatic heterocycles. The van der Waals surface area contributed by atoms with Gasteiger partial charge in [-0.25, -0.2) is 0 Å². The largest absolute Gasteiger partial charge is 0.381 e. The van der Waals surface area contributed by atoms with Gasteiger partial charge in [-0.2, -0.15) is 0 Å². The van der Waals surface area contributed by atoms with Crippen molar-refractivity contribution in [1.29, 1.82) is 0 Å². The van der Waals surface area contributed by atoms with Gasteiger partial charge < -0.3 is 23.8 Å². The first-order chi connectivity index (χ1) is 31.6. The van der Waals surface area contributed by atoms with Crippen LogP contribution in [0.2, 0.25) is 0 Å². The molecule has 0 amide bonds. The van der Waals surface area contributed by atoms with Crippen molar-refractivity contribution < 1.29 is 18.9 Å². The van der Waals surface area contributed by atoms with Gasteiger partial charge in [0, 0.05) is 46.1 Å². The number of nitrogens with zero attached hydrogens (tertiary/aromatic N) is 1. The maximum Gasteiger partial charge on any atom is 0.0934 e. The molecule has 65 heavy (non-hydrogen) atoms. The third-order valence-electron chi connectivity index (χ3n) is 18.1. The van der Waals surface area contributed by atoms with E-state index < -0.39 is 0 Å². The molecule has 378 valence electrons. The summed E-state index contributed by atoms with van der Waals surface area (Å²) in [6, 6.07) is 0. The zero-order valence-corrected chi connectivity index (χ0v) is 44.4. The lowest BCUT2D eigenvalue weighted by Gasteiger charge is -2.58. The van der Waals surface area contributed by atoms with Gasteiger partial charge in [0.2, 0.25) is 0 Å². The summed E-state index contributed by atoms with van der Waals surface area (Å²) in [6.07, 6.45) is 46.7. The maximum absolute atomic E-state index is 6.57. The van der Waals surface area contributed by atoms with Gasteiger partial charge in [-0.15, -0.1) is 0 Å². The highest BCUT2D eigenvalue weighted by atomic mass is 16.5. The quantitative estimate of drug-likeness (QED) is 0.0468. The molecule has 0 aromatic carbocycles. The van der Waals surface area contributed by atoms with E-state index in [1.54, 1.807) is 5.57 Å². The van der Waals surface area contributed by atoms with E-state index in [1.807, 2.05) is 0 Å². The second kappa shape index (κ2) is 30.8. The molecule has 0 radical (unpaired) electrons. The SMILES string of the molecule is CCCCCCCCC=CCCCCCCCCOCC(CN1CCCC(C)C1)OCCCOCCCO[C@H]1CC[C@@]2(C)C(=CC[C@H]3[C@H]4CC[C@@H]([C@@H](C)CCCC(C)C)[C@@]4(C)CC[C@H]32)C1. The number of allylic oxidation sites excluding steroid dienone is 3. The van der Waals surface area contributed by atoms with Gasteiger partial charge in [-0.3, -0.25) is 0 Å². The van der Waals surface area contributed by atoms with E-state index in [-0.39, 0.29) is 6.10 Å². The first-order valence-electron chi connectivity index (χ1n) is 29.1. The predicted octanol–water partition coefficient (Wildman–Crippen LogP) is 16.4. The molecule has 5 rings (SSSR count). The zero-order valence-electron chi connectivity index (χ0n) is 44.4. The molecular weight excluding hydrogens is 799 g/mol. The summed E-state index contributed by atoms with van der Waals surface area (Å²) < 4.78 is 25.4. The van der Waals surface area contributed by atoms with Gasteiger partial charge >= 0.3 is 0 Å². The van der Waals surface area contributed by atoms with E-state index in [9.17, 15) is 0 Å². The number of piperidine rings is 1. The summed E-state index contributed by atoms with van der Waals surface area (Å²) in [5.74, 6) is 6.19. The zero-order chi connectivity index (χ0) is 46.2. The molecule has 1 saturated heterocycles. The van der Waals surface area contributed by atoms with Gasteiger partial charge in [-0.05, 0) is 168 Å². The van der Waals surface area contributed by atoms with Crippen LogP contribution in [0, 0.1) is 52.3 Å². The Morgan fingerprint density at radius 1 is 0.708 bits per heavy atom. The molecule has 4 aliphatic carbocycles. The summed E-state index contributed by atoms with van der Waals surface area (Å²) in [4.78, 5) is 2.61. The van der Waals surface area contributed by atoms with Gasteiger partial charge in [0.05, 0.1) is 18.8 Å². The lowest BCUT2D eigenvalue weighted by molar-refractivity contribution is -0.0651. The fourth-order valence-electron chi connectivity index (χ4n) is 14.3. The number of unbranched alkanes of at least 4 members (excludes halogenated alkanes) is 12. The molecule has 4 fully saturated rings. The Morgan fingerprint density at radius 3 is 2.15 bits per heavy atom. The van der Waals surface area contributed by atoms with Crippen LogP contribution in [0.25, 0.3) is 0 Å². The summed E-state index contributed by atoms with van der Waals surface area (Å²) >= 11 is 0. The Hall–Kier alpha value is -0.720. The summed E-state index contributed by atoms with van der Waals surface area (Å²) in [6.45, 7) is 25.5. The van der Waals surface area contributed by atoms with E-state index in [2.05, 4.69) is 71.6 Å². The molecule has 0 bridgehead atoms. The van der Waals surface area contributed by atoms with Crippen molar-refractivity contribution in [2.75, 3.05) is 59.3 Å². The molecule has 10 atom stereocenters. The minimum absolute atomic E-state index is 0.150. The van der Waals surface area contributed by atoms with E-state index in [0.29, 0.717) is 23.5 Å². The fourth-order valence-corrected chi connectivity index (χ4v) is 14.3. The number of likely N-dealkylation sites (tertiary alicyclic amines) is 1. The van der Waals surface area contributed by atoms with E-state index >= 15 is 0 Å². The van der Waals surface area contributed by atoms with Crippen LogP contribution in [0.15, 0.2) is 23.8 Å². The Labute approximate surface area is 404 Å². The topological polar surface area (TPSA) is 40.2 Å². The van der Waals surface area contributed by atoms with Crippen molar-refractivity contribution in [2.45, 2.75) is 247 Å². The van der Waals surface area contributed by atoms with Crippen molar-refractivity contribution in [3.8, 4) is 0 Å². The van der Waals surface area contributed by atoms with Crippen LogP contribution in [0.5, 0.6) is 0 Å². The minimum Gasteiger partial charge on any atom is -0.381 e. The van der Waals surface area contributed by atoms with Crippen molar-refractivity contribution in [3.05, 3.63) is 23.8 Å². The molecule has 2 unspecified atom stereocenters. The third-order valence-corrected chi connectivity index (χ3v) is 18.1. The third kappa shape index (κ3) is 18.5. The Bertz CT molecular complexity index is 1300. The summed E-state index contributed by atoms with van der Waals surface area (Å²) in [5, 5.41) is 0. The molecule has 5 nitrogen and oxygen atoms in total. The smallest absolute Gasteiger partial charge is 0.0934 e. The highest BCUT2D eigenvalue weighted by molar-refractivity contribution is 5.25. The van der Waals surface area contributed by atoms with Crippen molar-refractivity contribution in [3.63, 3.8) is 0 Å². The van der Waals surface area contributed by atoms with Gasteiger partial charge in [-0.1, -0.05) is 149 Å². The van der Waals surface area contributed by atoms with Crippen LogP contribution in [-0.2, 0) is 18.9 Å². The van der Waals surface area contributed by atoms with Crippen molar-refractivity contribution >= 4 is 0 Å². The van der Waals surface area contributed by atoms with E-state index in [4.69, 9.17) is 18.9 Å². The van der Waals surface area contributed by atoms with Gasteiger partial charge in [0.15, 0.2) is 0 Å². The Balaban J connectivity index is 0.890. The highest BCUT2D eigenvalue weighted by Gasteiger charge is 2.59. The second-order valence-electron chi connectivity index (χ2n) is 23.9. The molecule has 0 aromatic rings. The first kappa shape index (κ1) is 55.2. The first-order valence-corrected chi connectivity index (χ1v) is 29.1. The van der Waals surface area contributed by atoms with Crippen molar-refractivity contribution in [1.82, 2.24) is 4.90 Å². The second-order valence-corrected chi connectivity index (χ2v) is 23.9. The van der Waals surface area contributed by atoms with Crippen LogP contribution in [0.3, 0.4) is 0 Å². The van der Waals surface area contributed by atoms with Crippen molar-refractivity contribution in [2.24, 2.45) is 52.3 Å². The molecule has 0 spiro atoms. The van der Waals surface area contributed by atoms with Crippen LogP contribution >= 0.6 is 0 Å². The van der Waals surface area contributed by atoms with E-state index in [1.165, 1.54) is 180 Å². The summed E-state index contributed by atoms with van der Waals surface area (Å²) in [5.41, 5.74) is 2.72. The van der Waals surface area contributed by atoms with Gasteiger partial charge in [0.1, 0.15) is 0 Å². The molecule has 5 heteroatoms.